The van der Waals surface area contributed by atoms with Crippen LogP contribution in [0, 0.1) is 0 Å². The number of rotatable bonds is 4. The molecular weight excluding hydrogens is 601 g/mol. The molecule has 0 aliphatic heterocycles. The van der Waals surface area contributed by atoms with Crippen LogP contribution in [0.5, 0.6) is 0 Å². The van der Waals surface area contributed by atoms with Gasteiger partial charge in [-0.1, -0.05) is 170 Å². The van der Waals surface area contributed by atoms with Crippen LogP contribution in [0.3, 0.4) is 0 Å². The van der Waals surface area contributed by atoms with Gasteiger partial charge in [-0.15, -0.1) is 0 Å². The predicted octanol–water partition coefficient (Wildman–Crippen LogP) is 14.1. The molecule has 10 rings (SSSR count). The van der Waals surface area contributed by atoms with Crippen molar-refractivity contribution in [3.8, 4) is 44.5 Å². The number of hydrogen-bond acceptors (Lipinski definition) is 0. The molecule has 10 aromatic carbocycles. The summed E-state index contributed by atoms with van der Waals surface area (Å²) in [5, 5.41) is 12.6. The number of benzene rings is 10. The van der Waals surface area contributed by atoms with E-state index in [1.807, 2.05) is 0 Å². The average molecular weight is 633 g/mol. The van der Waals surface area contributed by atoms with Crippen molar-refractivity contribution in [3.05, 3.63) is 194 Å². The van der Waals surface area contributed by atoms with Crippen LogP contribution in [0.15, 0.2) is 194 Å². The third-order valence-electron chi connectivity index (χ3n) is 10.4. The van der Waals surface area contributed by atoms with Gasteiger partial charge in [0, 0.05) is 0 Å². The lowest BCUT2D eigenvalue weighted by Gasteiger charge is -2.20. The Bertz CT molecular complexity index is 2920. The third kappa shape index (κ3) is 4.69. The fraction of sp³-hybridized carbons (Fsp3) is 0. The van der Waals surface area contributed by atoms with Crippen LogP contribution in [-0.2, 0) is 0 Å². The molecule has 0 radical (unpaired) electrons. The minimum Gasteiger partial charge on any atom is -0.0616 e. The molecule has 0 bridgehead atoms. The van der Waals surface area contributed by atoms with Gasteiger partial charge in [-0.3, -0.25) is 0 Å². The van der Waals surface area contributed by atoms with Gasteiger partial charge in [0.25, 0.3) is 0 Å². The Hall–Kier alpha value is -6.50. The fourth-order valence-corrected chi connectivity index (χ4v) is 7.99. The zero-order valence-electron chi connectivity index (χ0n) is 27.5. The lowest BCUT2D eigenvalue weighted by molar-refractivity contribution is 1.62. The molecule has 0 spiro atoms. The van der Waals surface area contributed by atoms with Crippen LogP contribution in [0.25, 0.3) is 98.4 Å². The lowest BCUT2D eigenvalue weighted by atomic mass is 9.83. The molecule has 0 amide bonds. The van der Waals surface area contributed by atoms with Crippen molar-refractivity contribution in [2.75, 3.05) is 0 Å². The normalized spacial score (nSPS) is 11.6. The summed E-state index contributed by atoms with van der Waals surface area (Å²) in [4.78, 5) is 0. The van der Waals surface area contributed by atoms with Crippen molar-refractivity contribution in [3.63, 3.8) is 0 Å². The highest BCUT2D eigenvalue weighted by molar-refractivity contribution is 6.24. The molecule has 0 saturated carbocycles. The summed E-state index contributed by atoms with van der Waals surface area (Å²) < 4.78 is 0. The minimum absolute atomic E-state index is 1.22. The van der Waals surface area contributed by atoms with Gasteiger partial charge in [0.05, 0.1) is 0 Å². The zero-order valence-corrected chi connectivity index (χ0v) is 27.5. The standard InChI is InChI=1S/C50H32/c1-3-14-36-29-39(25-23-33(36)11-1)38-17-9-18-42(31-38)49-45-20-7-8-21-46(45)50(44-22-10-16-35-13-5-6-19-43(35)44)48-32-41(27-28-47(48)49)40-26-24-34-12-2-4-15-37(34)30-40/h1-32H. The maximum Gasteiger partial charge on any atom is -0.00199 e. The summed E-state index contributed by atoms with van der Waals surface area (Å²) >= 11 is 0. The first-order valence-corrected chi connectivity index (χ1v) is 17.3. The molecule has 0 heteroatoms. The van der Waals surface area contributed by atoms with Gasteiger partial charge in [0.2, 0.25) is 0 Å². The molecule has 0 unspecified atom stereocenters. The smallest absolute Gasteiger partial charge is 0.00199 e. The molecule has 50 heavy (non-hydrogen) atoms. The lowest BCUT2D eigenvalue weighted by Crippen LogP contribution is -1.93. The first-order chi connectivity index (χ1) is 24.8. The van der Waals surface area contributed by atoms with E-state index in [0.717, 1.165) is 0 Å². The van der Waals surface area contributed by atoms with Gasteiger partial charge in [-0.25, -0.2) is 0 Å². The largest absolute Gasteiger partial charge is 0.0616 e. The van der Waals surface area contributed by atoms with Crippen LogP contribution >= 0.6 is 0 Å². The van der Waals surface area contributed by atoms with Crippen LogP contribution in [0.4, 0.5) is 0 Å². The second-order valence-electron chi connectivity index (χ2n) is 13.3. The second kappa shape index (κ2) is 11.6. The monoisotopic (exact) mass is 632 g/mol. The van der Waals surface area contributed by atoms with Crippen molar-refractivity contribution in [2.24, 2.45) is 0 Å². The van der Waals surface area contributed by atoms with E-state index in [4.69, 9.17) is 0 Å². The Kier molecular flexibility index (Phi) is 6.60. The van der Waals surface area contributed by atoms with E-state index in [1.54, 1.807) is 0 Å². The summed E-state index contributed by atoms with van der Waals surface area (Å²) in [6, 6.07) is 71.5. The van der Waals surface area contributed by atoms with Gasteiger partial charge in [0.15, 0.2) is 0 Å². The summed E-state index contributed by atoms with van der Waals surface area (Å²) in [6.45, 7) is 0. The van der Waals surface area contributed by atoms with E-state index in [0.29, 0.717) is 0 Å². The van der Waals surface area contributed by atoms with E-state index in [1.165, 1.54) is 98.4 Å². The van der Waals surface area contributed by atoms with Crippen molar-refractivity contribution in [1.82, 2.24) is 0 Å². The van der Waals surface area contributed by atoms with E-state index in [9.17, 15) is 0 Å². The molecule has 10 aromatic rings. The molecule has 0 aliphatic rings. The van der Waals surface area contributed by atoms with Crippen LogP contribution < -0.4 is 0 Å². The molecule has 232 valence electrons. The average Bonchev–Trinajstić information content (AvgIpc) is 3.19. The molecular formula is C50H32. The van der Waals surface area contributed by atoms with Crippen LogP contribution in [-0.4, -0.2) is 0 Å². The topological polar surface area (TPSA) is 0 Å². The molecule has 0 aromatic heterocycles. The Balaban J connectivity index is 1.27. The second-order valence-corrected chi connectivity index (χ2v) is 13.3. The summed E-state index contributed by atoms with van der Waals surface area (Å²) in [5.74, 6) is 0. The molecule has 0 saturated heterocycles. The third-order valence-corrected chi connectivity index (χ3v) is 10.4. The number of fused-ring (bicyclic) bond motifs is 5. The molecule has 0 atom stereocenters. The number of hydrogen-bond donors (Lipinski definition) is 0. The van der Waals surface area contributed by atoms with Crippen molar-refractivity contribution in [2.45, 2.75) is 0 Å². The Morgan fingerprint density at radius 2 is 0.660 bits per heavy atom. The Labute approximate surface area is 291 Å². The molecule has 0 nitrogen and oxygen atoms in total. The Morgan fingerprint density at radius 1 is 0.200 bits per heavy atom. The first-order valence-electron chi connectivity index (χ1n) is 17.3. The maximum atomic E-state index is 2.43. The van der Waals surface area contributed by atoms with Gasteiger partial charge in [0.1, 0.15) is 0 Å². The van der Waals surface area contributed by atoms with E-state index >= 15 is 0 Å². The maximum absolute atomic E-state index is 2.43. The quantitative estimate of drug-likeness (QED) is 0.169. The predicted molar refractivity (Wildman–Crippen MR) is 216 cm³/mol. The van der Waals surface area contributed by atoms with E-state index in [-0.39, 0.29) is 0 Å². The fourth-order valence-electron chi connectivity index (χ4n) is 7.99. The summed E-state index contributed by atoms with van der Waals surface area (Å²) in [6.07, 6.45) is 0. The highest BCUT2D eigenvalue weighted by atomic mass is 14.2. The van der Waals surface area contributed by atoms with Crippen LogP contribution in [0.2, 0.25) is 0 Å². The molecule has 0 heterocycles. The first kappa shape index (κ1) is 28.5. The molecule has 0 fully saturated rings. The highest BCUT2D eigenvalue weighted by Gasteiger charge is 2.19. The Morgan fingerprint density at radius 3 is 1.36 bits per heavy atom. The van der Waals surface area contributed by atoms with Gasteiger partial charge < -0.3 is 0 Å². The molecule has 0 aliphatic carbocycles. The van der Waals surface area contributed by atoms with E-state index < -0.39 is 0 Å². The van der Waals surface area contributed by atoms with Crippen LogP contribution in [0.1, 0.15) is 0 Å². The minimum atomic E-state index is 1.22. The summed E-state index contributed by atoms with van der Waals surface area (Å²) in [7, 11) is 0. The SMILES string of the molecule is c1cc(-c2ccc3ccccc3c2)cc(-c2c3ccccc3c(-c3cccc4ccccc34)c3cc(-c4ccc5ccccc5c4)ccc23)c1. The highest BCUT2D eigenvalue weighted by Crippen LogP contribution is 2.47. The van der Waals surface area contributed by atoms with Crippen molar-refractivity contribution >= 4 is 53.9 Å². The zero-order chi connectivity index (χ0) is 33.0. The van der Waals surface area contributed by atoms with Gasteiger partial charge in [-0.05, 0) is 123 Å². The molecule has 0 N–H and O–H groups in total. The van der Waals surface area contributed by atoms with Gasteiger partial charge >= 0.3 is 0 Å². The van der Waals surface area contributed by atoms with Gasteiger partial charge in [-0.2, -0.15) is 0 Å². The van der Waals surface area contributed by atoms with E-state index in [2.05, 4.69) is 194 Å². The summed E-state index contributed by atoms with van der Waals surface area (Å²) in [5.41, 5.74) is 9.92. The van der Waals surface area contributed by atoms with Crippen molar-refractivity contribution < 1.29 is 0 Å². The van der Waals surface area contributed by atoms with Crippen molar-refractivity contribution in [1.29, 1.82) is 0 Å².